The van der Waals surface area contributed by atoms with E-state index in [-0.39, 0.29) is 0 Å². The maximum Gasteiger partial charge on any atom is 0.191 e. The zero-order chi connectivity index (χ0) is 18.9. The van der Waals surface area contributed by atoms with Crippen LogP contribution < -0.4 is 15.5 Å². The van der Waals surface area contributed by atoms with Crippen LogP contribution in [0.2, 0.25) is 0 Å². The van der Waals surface area contributed by atoms with Gasteiger partial charge in [-0.3, -0.25) is 0 Å². The number of ether oxygens (including phenoxy) is 1. The molecule has 1 aliphatic heterocycles. The van der Waals surface area contributed by atoms with Gasteiger partial charge in [0.25, 0.3) is 0 Å². The summed E-state index contributed by atoms with van der Waals surface area (Å²) in [5.41, 5.74) is 2.52. The first-order valence-corrected chi connectivity index (χ1v) is 10.6. The van der Waals surface area contributed by atoms with Gasteiger partial charge in [-0.05, 0) is 37.1 Å². The van der Waals surface area contributed by atoms with Crippen molar-refractivity contribution in [3.63, 3.8) is 0 Å². The molecule has 6 heteroatoms. The van der Waals surface area contributed by atoms with Gasteiger partial charge in [-0.15, -0.1) is 11.3 Å². The van der Waals surface area contributed by atoms with E-state index in [1.165, 1.54) is 21.0 Å². The third kappa shape index (κ3) is 5.71. The lowest BCUT2D eigenvalue weighted by Gasteiger charge is -2.30. The van der Waals surface area contributed by atoms with E-state index in [1.807, 2.05) is 11.3 Å². The van der Waals surface area contributed by atoms with Crippen molar-refractivity contribution in [3.8, 4) is 0 Å². The van der Waals surface area contributed by atoms with Crippen molar-refractivity contribution in [2.75, 3.05) is 37.7 Å². The van der Waals surface area contributed by atoms with Crippen LogP contribution in [0.1, 0.15) is 29.2 Å². The van der Waals surface area contributed by atoms with Crippen LogP contribution in [0.15, 0.2) is 41.4 Å². The van der Waals surface area contributed by atoms with Gasteiger partial charge >= 0.3 is 0 Å². The van der Waals surface area contributed by atoms with E-state index in [0.29, 0.717) is 6.54 Å². The first kappa shape index (κ1) is 19.7. The molecule has 0 spiro atoms. The number of benzene rings is 1. The average molecular weight is 387 g/mol. The van der Waals surface area contributed by atoms with Crippen LogP contribution in [0.3, 0.4) is 0 Å². The van der Waals surface area contributed by atoms with Gasteiger partial charge in [-0.1, -0.05) is 25.1 Å². The zero-order valence-electron chi connectivity index (χ0n) is 16.3. The Morgan fingerprint density at radius 1 is 1.07 bits per heavy atom. The van der Waals surface area contributed by atoms with Gasteiger partial charge in [0.05, 0.1) is 26.3 Å². The summed E-state index contributed by atoms with van der Waals surface area (Å²) in [4.78, 5) is 9.98. The number of morpholine rings is 1. The molecule has 0 amide bonds. The molecule has 0 atom stereocenters. The van der Waals surface area contributed by atoms with Crippen molar-refractivity contribution < 1.29 is 4.74 Å². The fourth-order valence-electron chi connectivity index (χ4n) is 3.14. The van der Waals surface area contributed by atoms with Gasteiger partial charge < -0.3 is 20.3 Å². The number of anilines is 1. The molecular formula is C21H30N4OS. The molecule has 2 N–H and O–H groups in total. The number of nitrogens with one attached hydrogen (secondary N) is 2. The summed E-state index contributed by atoms with van der Waals surface area (Å²) in [7, 11) is 0. The molecule has 1 aliphatic rings. The molecule has 2 aromatic rings. The Bertz CT molecular complexity index is 737. The third-order valence-electron chi connectivity index (χ3n) is 4.59. The van der Waals surface area contributed by atoms with Crippen molar-refractivity contribution in [1.82, 2.24) is 10.6 Å². The SMILES string of the molecule is CCNC(=NCc1ccccc1N1CCOCC1)NCc1ccc(CC)s1. The first-order valence-electron chi connectivity index (χ1n) is 9.80. The van der Waals surface area contributed by atoms with Crippen molar-refractivity contribution >= 4 is 23.0 Å². The minimum atomic E-state index is 0.660. The number of aryl methyl sites for hydroxylation is 1. The van der Waals surface area contributed by atoms with Gasteiger partial charge in [0.15, 0.2) is 5.96 Å². The predicted molar refractivity (Wildman–Crippen MR) is 115 cm³/mol. The number of hydrogen-bond acceptors (Lipinski definition) is 4. The van der Waals surface area contributed by atoms with Crippen LogP contribution in [-0.4, -0.2) is 38.8 Å². The molecule has 27 heavy (non-hydrogen) atoms. The Hall–Kier alpha value is -2.05. The lowest BCUT2D eigenvalue weighted by molar-refractivity contribution is 0.122. The van der Waals surface area contributed by atoms with Crippen molar-refractivity contribution in [2.45, 2.75) is 33.4 Å². The van der Waals surface area contributed by atoms with Gasteiger partial charge in [-0.25, -0.2) is 4.99 Å². The quantitative estimate of drug-likeness (QED) is 0.566. The number of hydrogen-bond donors (Lipinski definition) is 2. The largest absolute Gasteiger partial charge is 0.378 e. The Balaban J connectivity index is 1.65. The lowest BCUT2D eigenvalue weighted by Crippen LogP contribution is -2.37. The van der Waals surface area contributed by atoms with Crippen LogP contribution in [-0.2, 0) is 24.2 Å². The Labute approximate surface area is 166 Å². The Kier molecular flexibility index (Phi) is 7.54. The molecule has 0 unspecified atom stereocenters. The molecule has 3 rings (SSSR count). The molecule has 0 bridgehead atoms. The van der Waals surface area contributed by atoms with E-state index in [1.54, 1.807) is 0 Å². The molecule has 1 saturated heterocycles. The van der Waals surface area contributed by atoms with E-state index in [2.05, 4.69) is 65.8 Å². The standard InChI is InChI=1S/C21H30N4OS/c1-3-18-9-10-19(27-18)16-24-21(22-4-2)23-15-17-7-5-6-8-20(17)25-11-13-26-14-12-25/h5-10H,3-4,11-16H2,1-2H3,(H2,22,23,24). The molecule has 0 aliphatic carbocycles. The molecule has 1 aromatic heterocycles. The summed E-state index contributed by atoms with van der Waals surface area (Å²) in [5.74, 6) is 0.862. The van der Waals surface area contributed by atoms with Crippen LogP contribution in [0.5, 0.6) is 0 Å². The minimum absolute atomic E-state index is 0.660. The molecule has 1 aromatic carbocycles. The van der Waals surface area contributed by atoms with Crippen LogP contribution >= 0.6 is 11.3 Å². The maximum absolute atomic E-state index is 5.49. The highest BCUT2D eigenvalue weighted by Gasteiger charge is 2.14. The normalized spacial score (nSPS) is 15.0. The highest BCUT2D eigenvalue weighted by Crippen LogP contribution is 2.22. The second-order valence-electron chi connectivity index (χ2n) is 6.50. The number of thiophene rings is 1. The zero-order valence-corrected chi connectivity index (χ0v) is 17.1. The van der Waals surface area contributed by atoms with Gasteiger partial charge in [0.2, 0.25) is 0 Å². The van der Waals surface area contributed by atoms with E-state index in [4.69, 9.17) is 9.73 Å². The summed E-state index contributed by atoms with van der Waals surface area (Å²) < 4.78 is 5.49. The first-order chi connectivity index (χ1) is 13.3. The maximum atomic E-state index is 5.49. The number of nitrogens with zero attached hydrogens (tertiary/aromatic N) is 2. The Morgan fingerprint density at radius 3 is 2.59 bits per heavy atom. The molecule has 0 saturated carbocycles. The van der Waals surface area contributed by atoms with Crippen molar-refractivity contribution in [1.29, 1.82) is 0 Å². The lowest BCUT2D eigenvalue weighted by atomic mass is 10.1. The van der Waals surface area contributed by atoms with E-state index in [0.717, 1.165) is 51.8 Å². The van der Waals surface area contributed by atoms with E-state index in [9.17, 15) is 0 Å². The second kappa shape index (κ2) is 10.3. The van der Waals surface area contributed by atoms with Crippen LogP contribution in [0, 0.1) is 0 Å². The molecular weight excluding hydrogens is 356 g/mol. The van der Waals surface area contributed by atoms with E-state index >= 15 is 0 Å². The monoisotopic (exact) mass is 386 g/mol. The molecule has 2 heterocycles. The fourth-order valence-corrected chi connectivity index (χ4v) is 4.04. The summed E-state index contributed by atoms with van der Waals surface area (Å²) in [6.07, 6.45) is 1.09. The number of aliphatic imine (C=N–C) groups is 1. The highest BCUT2D eigenvalue weighted by atomic mass is 32.1. The smallest absolute Gasteiger partial charge is 0.191 e. The van der Waals surface area contributed by atoms with E-state index < -0.39 is 0 Å². The third-order valence-corrected chi connectivity index (χ3v) is 5.82. The summed E-state index contributed by atoms with van der Waals surface area (Å²) >= 11 is 1.86. The summed E-state index contributed by atoms with van der Waals surface area (Å²) in [6.45, 7) is 10.1. The molecule has 5 nitrogen and oxygen atoms in total. The number of guanidine groups is 1. The van der Waals surface area contributed by atoms with Gasteiger partial charge in [0.1, 0.15) is 0 Å². The average Bonchev–Trinajstić information content (AvgIpc) is 3.19. The van der Waals surface area contributed by atoms with Crippen molar-refractivity contribution in [2.24, 2.45) is 4.99 Å². The van der Waals surface area contributed by atoms with Crippen LogP contribution in [0.25, 0.3) is 0 Å². The molecule has 1 fully saturated rings. The second-order valence-corrected chi connectivity index (χ2v) is 7.75. The van der Waals surface area contributed by atoms with Crippen molar-refractivity contribution in [3.05, 3.63) is 51.7 Å². The van der Waals surface area contributed by atoms with Gasteiger partial charge in [-0.2, -0.15) is 0 Å². The topological polar surface area (TPSA) is 48.9 Å². The Morgan fingerprint density at radius 2 is 1.85 bits per heavy atom. The van der Waals surface area contributed by atoms with Gasteiger partial charge in [0, 0.05) is 35.1 Å². The molecule has 146 valence electrons. The summed E-state index contributed by atoms with van der Waals surface area (Å²) in [6, 6.07) is 13.0. The summed E-state index contributed by atoms with van der Waals surface area (Å²) in [5, 5.41) is 6.81. The molecule has 0 radical (unpaired) electrons. The van der Waals surface area contributed by atoms with Crippen LogP contribution in [0.4, 0.5) is 5.69 Å². The fraction of sp³-hybridized carbons (Fsp3) is 0.476. The number of rotatable bonds is 7. The number of para-hydroxylation sites is 1. The predicted octanol–water partition coefficient (Wildman–Crippen LogP) is 3.40. The minimum Gasteiger partial charge on any atom is -0.378 e. The highest BCUT2D eigenvalue weighted by molar-refractivity contribution is 7.11.